The molecule has 39 heavy (non-hydrogen) atoms. The molecular formula is C30H35FN4O3S. The van der Waals surface area contributed by atoms with Crippen molar-refractivity contribution < 1.29 is 14.0 Å². The molecule has 4 aromatic rings. The van der Waals surface area contributed by atoms with E-state index in [0.717, 1.165) is 78.1 Å². The molecule has 3 heterocycles. The summed E-state index contributed by atoms with van der Waals surface area (Å²) < 4.78 is 16.2. The molecule has 9 heteroatoms. The van der Waals surface area contributed by atoms with Gasteiger partial charge in [-0.2, -0.15) is 0 Å². The Labute approximate surface area is 231 Å². The van der Waals surface area contributed by atoms with Gasteiger partial charge in [0.05, 0.1) is 11.4 Å². The van der Waals surface area contributed by atoms with Gasteiger partial charge in [0, 0.05) is 65.6 Å². The number of nitrogens with two attached hydrogens (primary N) is 1. The van der Waals surface area contributed by atoms with E-state index in [4.69, 9.17) is 10.6 Å². The molecule has 1 aliphatic rings. The number of pyridine rings is 1. The third-order valence-electron chi connectivity index (χ3n) is 7.59. The number of benzene rings is 2. The van der Waals surface area contributed by atoms with Crippen LogP contribution >= 0.6 is 11.3 Å². The number of hydrogen-bond donors (Lipinski definition) is 1. The van der Waals surface area contributed by atoms with Crippen molar-refractivity contribution in [3.8, 4) is 0 Å². The first-order chi connectivity index (χ1) is 18.8. The molecule has 0 aliphatic carbocycles. The van der Waals surface area contributed by atoms with E-state index < -0.39 is 11.5 Å². The van der Waals surface area contributed by atoms with Gasteiger partial charge in [0.25, 0.3) is 5.56 Å². The van der Waals surface area contributed by atoms with Crippen LogP contribution in [0.5, 0.6) is 0 Å². The summed E-state index contributed by atoms with van der Waals surface area (Å²) in [6, 6.07) is 12.4. The molecule has 0 bridgehead atoms. The molecule has 1 aliphatic heterocycles. The van der Waals surface area contributed by atoms with Crippen LogP contribution in [0.2, 0.25) is 0 Å². The number of carbonyl (C=O) groups excluding carboxylic acids is 1. The number of piperazine rings is 1. The predicted octanol–water partition coefficient (Wildman–Crippen LogP) is 5.08. The molecule has 1 atom stereocenters. The quantitative estimate of drug-likeness (QED) is 0.313. The van der Waals surface area contributed by atoms with Gasteiger partial charge >= 0.3 is 5.97 Å². The molecule has 2 aromatic heterocycles. The van der Waals surface area contributed by atoms with Gasteiger partial charge < -0.3 is 15.5 Å². The second-order valence-electron chi connectivity index (χ2n) is 10.4. The smallest absolute Gasteiger partial charge is 0.335 e. The van der Waals surface area contributed by atoms with Crippen LogP contribution < -0.4 is 21.0 Å². The van der Waals surface area contributed by atoms with E-state index in [2.05, 4.69) is 22.8 Å². The van der Waals surface area contributed by atoms with Gasteiger partial charge in [0.2, 0.25) is 0 Å². The predicted molar refractivity (Wildman–Crippen MR) is 157 cm³/mol. The summed E-state index contributed by atoms with van der Waals surface area (Å²) in [5.41, 5.74) is 8.54. The summed E-state index contributed by atoms with van der Waals surface area (Å²) in [4.78, 5) is 35.7. The molecule has 2 aromatic carbocycles. The Morgan fingerprint density at radius 3 is 2.67 bits per heavy atom. The number of halogens is 1. The Hall–Kier alpha value is -3.43. The van der Waals surface area contributed by atoms with Crippen LogP contribution in [0.3, 0.4) is 0 Å². The second kappa shape index (κ2) is 11.8. The standard InChI is InChI=1S/C30H35FN4O3S/c1-3-4-5-20(2)30(37)38-35-27-16-21(6-7-23(27)25(32)19-29(35)36)8-10-33-11-13-34(14-12-33)26-17-22(31)18-28-24(26)9-15-39-28/h6-7,9,15-20H,3-5,8,10-14,32H2,1-2H3. The van der Waals surface area contributed by atoms with Crippen LogP contribution in [0.1, 0.15) is 38.7 Å². The average Bonchev–Trinajstić information content (AvgIpc) is 3.41. The number of rotatable bonds is 9. The van der Waals surface area contributed by atoms with E-state index in [1.807, 2.05) is 30.5 Å². The van der Waals surface area contributed by atoms with Crippen LogP contribution in [-0.2, 0) is 11.2 Å². The highest BCUT2D eigenvalue weighted by Crippen LogP contribution is 2.32. The lowest BCUT2D eigenvalue weighted by Crippen LogP contribution is -2.47. The second-order valence-corrected chi connectivity index (χ2v) is 11.3. The number of thiophene rings is 1. The Morgan fingerprint density at radius 1 is 1.10 bits per heavy atom. The minimum atomic E-state index is -0.457. The van der Waals surface area contributed by atoms with E-state index in [1.165, 1.54) is 6.07 Å². The van der Waals surface area contributed by atoms with E-state index in [0.29, 0.717) is 23.0 Å². The number of unbranched alkanes of at least 4 members (excludes halogenated alkanes) is 1. The van der Waals surface area contributed by atoms with Gasteiger partial charge in [-0.1, -0.05) is 38.8 Å². The van der Waals surface area contributed by atoms with Crippen LogP contribution in [0.4, 0.5) is 15.8 Å². The first-order valence-corrected chi connectivity index (χ1v) is 14.5. The van der Waals surface area contributed by atoms with Crippen molar-refractivity contribution in [2.75, 3.05) is 43.4 Å². The largest absolute Gasteiger partial charge is 0.398 e. The maximum absolute atomic E-state index is 14.2. The van der Waals surface area contributed by atoms with E-state index in [-0.39, 0.29) is 11.7 Å². The molecule has 0 amide bonds. The Bertz CT molecular complexity index is 1540. The molecule has 0 radical (unpaired) electrons. The number of hydrogen-bond acceptors (Lipinski definition) is 7. The first-order valence-electron chi connectivity index (χ1n) is 13.6. The van der Waals surface area contributed by atoms with Crippen LogP contribution in [0.25, 0.3) is 21.0 Å². The third kappa shape index (κ3) is 5.94. The summed E-state index contributed by atoms with van der Waals surface area (Å²) >= 11 is 1.56. The van der Waals surface area contributed by atoms with Crippen molar-refractivity contribution in [1.29, 1.82) is 0 Å². The normalized spacial score (nSPS) is 15.2. The Kier molecular flexibility index (Phi) is 8.18. The molecule has 1 unspecified atom stereocenters. The highest BCUT2D eigenvalue weighted by atomic mass is 32.1. The lowest BCUT2D eigenvalue weighted by molar-refractivity contribution is -0.148. The molecule has 1 saturated heterocycles. The molecule has 1 fully saturated rings. The minimum absolute atomic E-state index is 0.195. The molecule has 0 saturated carbocycles. The molecule has 2 N–H and O–H groups in total. The number of fused-ring (bicyclic) bond motifs is 2. The Balaban J connectivity index is 1.26. The van der Waals surface area contributed by atoms with Gasteiger partial charge in [0.1, 0.15) is 5.82 Å². The van der Waals surface area contributed by atoms with Gasteiger partial charge in [0.15, 0.2) is 0 Å². The first kappa shape index (κ1) is 27.1. The van der Waals surface area contributed by atoms with Crippen LogP contribution in [0, 0.1) is 11.7 Å². The zero-order chi connectivity index (χ0) is 27.5. The molecule has 7 nitrogen and oxygen atoms in total. The zero-order valence-electron chi connectivity index (χ0n) is 22.5. The number of nitrogens with zero attached hydrogens (tertiary/aromatic N) is 3. The van der Waals surface area contributed by atoms with Crippen LogP contribution in [0.15, 0.2) is 52.6 Å². The summed E-state index contributed by atoms with van der Waals surface area (Å²) in [7, 11) is 0. The van der Waals surface area contributed by atoms with E-state index in [1.54, 1.807) is 23.5 Å². The number of anilines is 2. The highest BCUT2D eigenvalue weighted by Gasteiger charge is 2.21. The van der Waals surface area contributed by atoms with Crippen molar-refractivity contribution >= 4 is 49.7 Å². The van der Waals surface area contributed by atoms with Crippen molar-refractivity contribution in [2.45, 2.75) is 39.5 Å². The lowest BCUT2D eigenvalue weighted by atomic mass is 10.1. The molecule has 0 spiro atoms. The molecular weight excluding hydrogens is 515 g/mol. The monoisotopic (exact) mass is 550 g/mol. The fraction of sp³-hybridized carbons (Fsp3) is 0.400. The van der Waals surface area contributed by atoms with Gasteiger partial charge in [-0.05, 0) is 48.1 Å². The highest BCUT2D eigenvalue weighted by molar-refractivity contribution is 7.17. The number of aromatic nitrogens is 1. The zero-order valence-corrected chi connectivity index (χ0v) is 23.3. The number of nitrogen functional groups attached to an aromatic ring is 1. The van der Waals surface area contributed by atoms with Gasteiger partial charge in [-0.15, -0.1) is 16.1 Å². The third-order valence-corrected chi connectivity index (χ3v) is 8.45. The topological polar surface area (TPSA) is 80.8 Å². The fourth-order valence-electron chi connectivity index (χ4n) is 5.22. The van der Waals surface area contributed by atoms with Gasteiger partial charge in [-0.3, -0.25) is 9.69 Å². The minimum Gasteiger partial charge on any atom is -0.398 e. The summed E-state index contributed by atoms with van der Waals surface area (Å²) in [5, 5.41) is 3.79. The SMILES string of the molecule is CCCCC(C)C(=O)On1c(=O)cc(N)c2ccc(CCN3CCN(c4cc(F)cc5sccc45)CC3)cc21. The molecule has 206 valence electrons. The summed E-state index contributed by atoms with van der Waals surface area (Å²) in [6.07, 6.45) is 3.40. The van der Waals surface area contributed by atoms with Crippen molar-refractivity contribution in [3.05, 3.63) is 69.6 Å². The van der Waals surface area contributed by atoms with Crippen molar-refractivity contribution in [2.24, 2.45) is 5.92 Å². The van der Waals surface area contributed by atoms with E-state index in [9.17, 15) is 14.0 Å². The number of carbonyl (C=O) groups is 1. The Morgan fingerprint density at radius 2 is 1.90 bits per heavy atom. The van der Waals surface area contributed by atoms with E-state index >= 15 is 0 Å². The maximum atomic E-state index is 14.2. The average molecular weight is 551 g/mol. The fourth-order valence-corrected chi connectivity index (χ4v) is 6.05. The lowest BCUT2D eigenvalue weighted by Gasteiger charge is -2.36. The molecule has 5 rings (SSSR count). The van der Waals surface area contributed by atoms with Gasteiger partial charge in [-0.25, -0.2) is 9.18 Å². The summed E-state index contributed by atoms with van der Waals surface area (Å²) in [5.74, 6) is -0.911. The summed E-state index contributed by atoms with van der Waals surface area (Å²) in [6.45, 7) is 8.15. The van der Waals surface area contributed by atoms with Crippen molar-refractivity contribution in [1.82, 2.24) is 9.63 Å². The maximum Gasteiger partial charge on any atom is 0.335 e. The van der Waals surface area contributed by atoms with Crippen LogP contribution in [-0.4, -0.2) is 48.3 Å². The van der Waals surface area contributed by atoms with Crippen molar-refractivity contribution in [3.63, 3.8) is 0 Å².